The summed E-state index contributed by atoms with van der Waals surface area (Å²) in [5.74, 6) is 0. The molecule has 4 heterocycles. The van der Waals surface area contributed by atoms with E-state index in [2.05, 4.69) is 33.7 Å². The van der Waals surface area contributed by atoms with Gasteiger partial charge in [-0.1, -0.05) is 6.08 Å². The fraction of sp³-hybridized carbons (Fsp3) is 0.706. The first kappa shape index (κ1) is 14.9. The minimum Gasteiger partial charge on any atom is -0.450 e. The van der Waals surface area contributed by atoms with Gasteiger partial charge in [-0.15, -0.1) is 0 Å². The molecule has 4 aliphatic heterocycles. The van der Waals surface area contributed by atoms with Crippen LogP contribution in [0.15, 0.2) is 24.0 Å². The van der Waals surface area contributed by atoms with Gasteiger partial charge in [0.2, 0.25) is 0 Å². The Hall–Kier alpha value is -1.69. The lowest BCUT2D eigenvalue weighted by Gasteiger charge is -2.40. The number of carbonyl (C=O) groups is 1. The first-order valence-corrected chi connectivity index (χ1v) is 8.79. The van der Waals surface area contributed by atoms with Crippen LogP contribution in [0.5, 0.6) is 0 Å². The molecule has 2 saturated heterocycles. The van der Waals surface area contributed by atoms with E-state index in [1.54, 1.807) is 0 Å². The highest BCUT2D eigenvalue weighted by Gasteiger charge is 2.47. The summed E-state index contributed by atoms with van der Waals surface area (Å²) < 4.78 is 5.13. The maximum Gasteiger partial charge on any atom is 0.409 e. The van der Waals surface area contributed by atoms with Gasteiger partial charge in [0.15, 0.2) is 0 Å². The van der Waals surface area contributed by atoms with Gasteiger partial charge in [0, 0.05) is 32.4 Å². The van der Waals surface area contributed by atoms with Crippen molar-refractivity contribution < 1.29 is 9.53 Å². The first-order chi connectivity index (χ1) is 11.2. The third-order valence-corrected chi connectivity index (χ3v) is 5.62. The van der Waals surface area contributed by atoms with Crippen molar-refractivity contribution in [3.05, 3.63) is 24.0 Å². The number of piperidine rings is 1. The number of allylic oxidation sites excluding steroid dienone is 1. The molecule has 1 spiro atoms. The number of likely N-dealkylation sites (tertiary alicyclic amines) is 1. The Morgan fingerprint density at radius 3 is 3.00 bits per heavy atom. The smallest absolute Gasteiger partial charge is 0.409 e. The molecule has 0 radical (unpaired) electrons. The molecule has 2 fully saturated rings. The van der Waals surface area contributed by atoms with E-state index >= 15 is 0 Å². The zero-order valence-electron chi connectivity index (χ0n) is 13.8. The van der Waals surface area contributed by atoms with Gasteiger partial charge in [-0.25, -0.2) is 10.2 Å². The fourth-order valence-corrected chi connectivity index (χ4v) is 4.31. The van der Waals surface area contributed by atoms with E-state index in [-0.39, 0.29) is 6.09 Å². The van der Waals surface area contributed by atoms with Crippen molar-refractivity contribution >= 4 is 6.09 Å². The highest BCUT2D eigenvalue weighted by molar-refractivity contribution is 5.67. The molecule has 6 heteroatoms. The molecular weight excluding hydrogens is 292 g/mol. The summed E-state index contributed by atoms with van der Waals surface area (Å²) in [4.78, 5) is 16.2. The van der Waals surface area contributed by atoms with E-state index in [1.165, 1.54) is 5.70 Å². The number of hydrogen-bond donors (Lipinski definition) is 1. The Balaban J connectivity index is 1.41. The van der Waals surface area contributed by atoms with Crippen LogP contribution < -0.4 is 5.43 Å². The normalized spacial score (nSPS) is 28.5. The second kappa shape index (κ2) is 5.74. The maximum atomic E-state index is 11.9. The second-order valence-electron chi connectivity index (χ2n) is 7.10. The monoisotopic (exact) mass is 318 g/mol. The molecule has 1 amide bonds. The fourth-order valence-electron chi connectivity index (χ4n) is 4.31. The van der Waals surface area contributed by atoms with Crippen LogP contribution in [0.3, 0.4) is 0 Å². The number of fused-ring (bicyclic) bond motifs is 2. The lowest BCUT2D eigenvalue weighted by molar-refractivity contribution is 0.0713. The zero-order chi connectivity index (χ0) is 15.9. The summed E-state index contributed by atoms with van der Waals surface area (Å²) in [7, 11) is 0. The van der Waals surface area contributed by atoms with Crippen LogP contribution in [-0.2, 0) is 4.74 Å². The van der Waals surface area contributed by atoms with Crippen LogP contribution >= 0.6 is 0 Å². The lowest BCUT2D eigenvalue weighted by Crippen LogP contribution is -2.53. The van der Waals surface area contributed by atoms with Gasteiger partial charge >= 0.3 is 6.09 Å². The molecule has 6 nitrogen and oxygen atoms in total. The van der Waals surface area contributed by atoms with Crippen LogP contribution in [0.2, 0.25) is 0 Å². The van der Waals surface area contributed by atoms with Crippen LogP contribution in [0.4, 0.5) is 4.79 Å². The number of amides is 1. The first-order valence-electron chi connectivity index (χ1n) is 8.79. The maximum absolute atomic E-state index is 11.9. The highest BCUT2D eigenvalue weighted by atomic mass is 16.6. The Bertz CT molecular complexity index is 537. The number of rotatable bonds is 1. The Labute approximate surface area is 137 Å². The molecule has 1 unspecified atom stereocenters. The van der Waals surface area contributed by atoms with Gasteiger partial charge < -0.3 is 19.5 Å². The Kier molecular flexibility index (Phi) is 3.71. The topological polar surface area (TPSA) is 48.1 Å². The number of ether oxygens (including phenoxy) is 1. The molecule has 1 atom stereocenters. The number of hydrogen-bond acceptors (Lipinski definition) is 5. The predicted octanol–water partition coefficient (Wildman–Crippen LogP) is 1.88. The van der Waals surface area contributed by atoms with Crippen molar-refractivity contribution in [2.75, 3.05) is 32.8 Å². The average molecular weight is 318 g/mol. The third-order valence-electron chi connectivity index (χ3n) is 5.62. The summed E-state index contributed by atoms with van der Waals surface area (Å²) in [5.41, 5.74) is 5.28. The van der Waals surface area contributed by atoms with Gasteiger partial charge in [0.1, 0.15) is 0 Å². The third kappa shape index (κ3) is 2.69. The van der Waals surface area contributed by atoms with Gasteiger partial charge in [0.25, 0.3) is 0 Å². The average Bonchev–Trinajstić information content (AvgIpc) is 2.89. The summed E-state index contributed by atoms with van der Waals surface area (Å²) in [6.45, 7) is 6.10. The SMILES string of the molecule is CCOC(=O)N1CCC2(CC1)CC1NN3CCC=CC3=CN1C2. The second-order valence-corrected chi connectivity index (χ2v) is 7.10. The van der Waals surface area contributed by atoms with Crippen molar-refractivity contribution in [2.45, 2.75) is 38.8 Å². The predicted molar refractivity (Wildman–Crippen MR) is 87.1 cm³/mol. The number of nitrogens with one attached hydrogen (secondary N) is 1. The van der Waals surface area contributed by atoms with E-state index in [0.717, 1.165) is 51.9 Å². The van der Waals surface area contributed by atoms with Crippen LogP contribution in [0.1, 0.15) is 32.6 Å². The Morgan fingerprint density at radius 2 is 2.22 bits per heavy atom. The quantitative estimate of drug-likeness (QED) is 0.800. The number of hydrazine groups is 1. The molecular formula is C17H26N4O2. The van der Waals surface area contributed by atoms with E-state index in [1.807, 2.05) is 11.8 Å². The summed E-state index contributed by atoms with van der Waals surface area (Å²) >= 11 is 0. The van der Waals surface area contributed by atoms with E-state index in [9.17, 15) is 4.79 Å². The minimum absolute atomic E-state index is 0.152. The number of carbonyl (C=O) groups excluding carboxylic acids is 1. The van der Waals surface area contributed by atoms with Crippen molar-refractivity contribution in [3.63, 3.8) is 0 Å². The molecule has 0 aromatic carbocycles. The number of nitrogens with zero attached hydrogens (tertiary/aromatic N) is 3. The van der Waals surface area contributed by atoms with Crippen LogP contribution in [-0.4, -0.2) is 59.9 Å². The molecule has 126 valence electrons. The van der Waals surface area contributed by atoms with Crippen molar-refractivity contribution in [1.29, 1.82) is 0 Å². The van der Waals surface area contributed by atoms with E-state index in [4.69, 9.17) is 4.74 Å². The molecule has 4 aliphatic rings. The largest absolute Gasteiger partial charge is 0.450 e. The van der Waals surface area contributed by atoms with E-state index in [0.29, 0.717) is 18.2 Å². The standard InChI is InChI=1S/C17H26N4O2/c1-2-23-16(22)19-9-6-17(7-10-19)11-15-18-21-8-4-3-5-14(21)12-20(15)13-17/h3,5,12,15,18H,2,4,6-11,13H2,1H3. The lowest BCUT2D eigenvalue weighted by atomic mass is 9.77. The van der Waals surface area contributed by atoms with Gasteiger partial charge in [-0.05, 0) is 44.1 Å². The molecule has 0 bridgehead atoms. The molecule has 0 aromatic heterocycles. The molecule has 23 heavy (non-hydrogen) atoms. The van der Waals surface area contributed by atoms with Gasteiger partial charge in [-0.2, -0.15) is 0 Å². The van der Waals surface area contributed by atoms with Gasteiger partial charge in [0.05, 0.1) is 18.5 Å². The summed E-state index contributed by atoms with van der Waals surface area (Å²) in [6, 6.07) is 0. The van der Waals surface area contributed by atoms with Gasteiger partial charge in [-0.3, -0.25) is 0 Å². The molecule has 4 rings (SSSR count). The summed E-state index contributed by atoms with van der Waals surface area (Å²) in [5, 5.41) is 2.29. The summed E-state index contributed by atoms with van der Waals surface area (Å²) in [6.07, 6.45) is 11.4. The molecule has 0 aliphatic carbocycles. The molecule has 0 saturated carbocycles. The zero-order valence-corrected chi connectivity index (χ0v) is 13.8. The molecule has 1 N–H and O–H groups in total. The minimum atomic E-state index is -0.152. The molecule has 0 aromatic rings. The van der Waals surface area contributed by atoms with Crippen molar-refractivity contribution in [2.24, 2.45) is 5.41 Å². The van der Waals surface area contributed by atoms with Crippen molar-refractivity contribution in [1.82, 2.24) is 20.2 Å². The Morgan fingerprint density at radius 1 is 1.39 bits per heavy atom. The van der Waals surface area contributed by atoms with Crippen LogP contribution in [0, 0.1) is 5.41 Å². The van der Waals surface area contributed by atoms with Crippen LogP contribution in [0.25, 0.3) is 0 Å². The van der Waals surface area contributed by atoms with E-state index < -0.39 is 0 Å². The highest BCUT2D eigenvalue weighted by Crippen LogP contribution is 2.44. The van der Waals surface area contributed by atoms with Crippen molar-refractivity contribution in [3.8, 4) is 0 Å².